The van der Waals surface area contributed by atoms with E-state index in [2.05, 4.69) is 6.92 Å². The summed E-state index contributed by atoms with van der Waals surface area (Å²) in [6, 6.07) is 0. The third-order valence-electron chi connectivity index (χ3n) is 7.24. The molecule has 18 radical (unpaired) electrons. The molecule has 0 nitrogen and oxygen atoms in total. The Labute approximate surface area is 168 Å². The first-order valence-corrected chi connectivity index (χ1v) is 9.09. The van der Waals surface area contributed by atoms with Crippen molar-refractivity contribution in [3.63, 3.8) is 0 Å². The maximum Gasteiger partial charge on any atom is 0.0726 e. The van der Waals surface area contributed by atoms with Gasteiger partial charge in [-0.25, -0.2) is 0 Å². The first-order valence-electron chi connectivity index (χ1n) is 9.09. The van der Waals surface area contributed by atoms with Gasteiger partial charge in [-0.05, 0) is 11.8 Å². The Kier molecular flexibility index (Phi) is 6.50. The third kappa shape index (κ3) is 2.83. The maximum atomic E-state index is 6.76. The highest BCUT2D eigenvalue weighted by Gasteiger charge is 2.69. The molecule has 0 amide bonds. The molecule has 1 rings (SSSR count). The van der Waals surface area contributed by atoms with Crippen molar-refractivity contribution >= 4 is 70.6 Å². The molecule has 0 bridgehead atoms. The summed E-state index contributed by atoms with van der Waals surface area (Å²) in [6.45, 7) is 7.70. The van der Waals surface area contributed by atoms with E-state index >= 15 is 0 Å². The van der Waals surface area contributed by atoms with E-state index < -0.39 is 37.5 Å². The first kappa shape index (κ1) is 23.6. The van der Waals surface area contributed by atoms with Gasteiger partial charge in [0, 0.05) is 0 Å². The van der Waals surface area contributed by atoms with Crippen molar-refractivity contribution < 1.29 is 0 Å². The Bertz CT molecular complexity index is 488. The molecule has 25 heavy (non-hydrogen) atoms. The van der Waals surface area contributed by atoms with Crippen LogP contribution in [-0.2, 0) is 0 Å². The van der Waals surface area contributed by atoms with E-state index in [0.29, 0.717) is 6.42 Å². The largest absolute Gasteiger partial charge is 0.113 e. The zero-order chi connectivity index (χ0) is 20.1. The van der Waals surface area contributed by atoms with Gasteiger partial charge in [0.05, 0.1) is 70.6 Å². The summed E-state index contributed by atoms with van der Waals surface area (Å²) in [4.78, 5) is 0. The summed E-state index contributed by atoms with van der Waals surface area (Å²) >= 11 is 0. The summed E-state index contributed by atoms with van der Waals surface area (Å²) in [5.41, 5.74) is -0.564. The van der Waals surface area contributed by atoms with Crippen molar-refractivity contribution in [3.05, 3.63) is 0 Å². The molecule has 1 aliphatic carbocycles. The molecule has 0 heterocycles. The molecular weight excluding hydrogens is 289 g/mol. The van der Waals surface area contributed by atoms with Crippen molar-refractivity contribution in [1.29, 1.82) is 0 Å². The second-order valence-corrected chi connectivity index (χ2v) is 8.59. The SMILES string of the molecule is [B]C1C([B])([B])C([B])([B])C([B])(C)C1([B])C([B])([B])C(C)(CC)CCCCC. The van der Waals surface area contributed by atoms with Crippen LogP contribution in [0.25, 0.3) is 0 Å². The van der Waals surface area contributed by atoms with Crippen molar-refractivity contribution in [2.75, 3.05) is 0 Å². The van der Waals surface area contributed by atoms with E-state index in [1.165, 1.54) is 0 Å². The van der Waals surface area contributed by atoms with Gasteiger partial charge in [-0.1, -0.05) is 75.0 Å². The number of hydrogen-bond acceptors (Lipinski definition) is 0. The standard InChI is InChI=1S/C16H23B9/c1-5-7-8-9-11(3,6-2)15(22,23)13(19)10(17)14(20,21)16(24,25)12(13,4)18/h10H,5-9H2,1-4H3. The molecule has 1 saturated carbocycles. The lowest BCUT2D eigenvalue weighted by molar-refractivity contribution is 0.172. The Hall–Kier alpha value is 0.584. The van der Waals surface area contributed by atoms with Crippen molar-refractivity contribution in [1.82, 2.24) is 0 Å². The van der Waals surface area contributed by atoms with Crippen LogP contribution in [0.2, 0.25) is 32.1 Å². The van der Waals surface area contributed by atoms with Gasteiger partial charge in [-0.15, -0.1) is 10.4 Å². The fourth-order valence-electron chi connectivity index (χ4n) is 4.38. The predicted molar refractivity (Wildman–Crippen MR) is 117 cm³/mol. The van der Waals surface area contributed by atoms with E-state index in [9.17, 15) is 0 Å². The summed E-state index contributed by atoms with van der Waals surface area (Å²) in [6.07, 6.45) is 4.53. The molecule has 0 aromatic carbocycles. The Morgan fingerprint density at radius 2 is 1.40 bits per heavy atom. The molecule has 0 saturated heterocycles. The van der Waals surface area contributed by atoms with Crippen LogP contribution in [0.5, 0.6) is 0 Å². The van der Waals surface area contributed by atoms with Gasteiger partial charge in [-0.2, -0.15) is 0 Å². The summed E-state index contributed by atoms with van der Waals surface area (Å²) < 4.78 is 0. The molecule has 1 aliphatic rings. The van der Waals surface area contributed by atoms with Gasteiger partial charge in [0.15, 0.2) is 0 Å². The van der Waals surface area contributed by atoms with E-state index in [-0.39, 0.29) is 0 Å². The molecule has 0 spiro atoms. The monoisotopic (exact) mass is 314 g/mol. The molecule has 9 heteroatoms. The highest BCUT2D eigenvalue weighted by Crippen LogP contribution is 2.89. The van der Waals surface area contributed by atoms with Gasteiger partial charge in [-0.3, -0.25) is 0 Å². The molecule has 0 aromatic heterocycles. The smallest absolute Gasteiger partial charge is 0.0726 e. The van der Waals surface area contributed by atoms with Crippen LogP contribution in [0, 0.1) is 5.41 Å². The van der Waals surface area contributed by atoms with Crippen LogP contribution in [0.15, 0.2) is 0 Å². The van der Waals surface area contributed by atoms with Crippen molar-refractivity contribution in [2.24, 2.45) is 5.41 Å². The van der Waals surface area contributed by atoms with Crippen molar-refractivity contribution in [2.45, 2.75) is 91.9 Å². The molecule has 1 fully saturated rings. The van der Waals surface area contributed by atoms with E-state index in [1.807, 2.05) is 13.8 Å². The van der Waals surface area contributed by atoms with Crippen LogP contribution in [0.1, 0.15) is 59.8 Å². The minimum atomic E-state index is -1.77. The molecule has 0 aromatic rings. The lowest BCUT2D eigenvalue weighted by atomic mass is 9.17. The average Bonchev–Trinajstić information content (AvgIpc) is 2.58. The van der Waals surface area contributed by atoms with Gasteiger partial charge in [0.1, 0.15) is 0 Å². The van der Waals surface area contributed by atoms with Crippen LogP contribution >= 0.6 is 0 Å². The minimum Gasteiger partial charge on any atom is -0.113 e. The highest BCUT2D eigenvalue weighted by molar-refractivity contribution is 6.63. The first-order chi connectivity index (χ1) is 11.0. The van der Waals surface area contributed by atoms with Crippen LogP contribution in [-0.4, -0.2) is 70.6 Å². The summed E-state index contributed by atoms with van der Waals surface area (Å²) in [5.74, 6) is -1.10. The zero-order valence-corrected chi connectivity index (χ0v) is 16.3. The molecule has 114 valence electrons. The Balaban J connectivity index is 3.52. The highest BCUT2D eigenvalue weighted by atomic mass is 14.6. The lowest BCUT2D eigenvalue weighted by Gasteiger charge is -2.65. The fourth-order valence-corrected chi connectivity index (χ4v) is 4.38. The minimum absolute atomic E-state index is 0.564. The molecule has 0 aliphatic heterocycles. The predicted octanol–water partition coefficient (Wildman–Crippen LogP) is 1.99. The average molecular weight is 313 g/mol. The Morgan fingerprint density at radius 1 is 0.920 bits per heavy atom. The molecule has 4 unspecified atom stereocenters. The second-order valence-electron chi connectivity index (χ2n) is 8.59. The lowest BCUT2D eigenvalue weighted by Crippen LogP contribution is -2.50. The van der Waals surface area contributed by atoms with E-state index in [1.54, 1.807) is 6.92 Å². The topological polar surface area (TPSA) is 0 Å². The van der Waals surface area contributed by atoms with Crippen LogP contribution in [0.4, 0.5) is 0 Å². The maximum absolute atomic E-state index is 6.76. The van der Waals surface area contributed by atoms with E-state index in [0.717, 1.165) is 25.7 Å². The van der Waals surface area contributed by atoms with Gasteiger partial charge in [0.2, 0.25) is 0 Å². The van der Waals surface area contributed by atoms with Gasteiger partial charge in [0.25, 0.3) is 0 Å². The summed E-state index contributed by atoms with van der Waals surface area (Å²) in [7, 11) is 57.9. The van der Waals surface area contributed by atoms with Gasteiger partial charge >= 0.3 is 0 Å². The Morgan fingerprint density at radius 3 is 1.72 bits per heavy atom. The van der Waals surface area contributed by atoms with Crippen LogP contribution < -0.4 is 0 Å². The number of hydrogen-bond donors (Lipinski definition) is 0. The van der Waals surface area contributed by atoms with Crippen LogP contribution in [0.3, 0.4) is 0 Å². The molecule has 4 atom stereocenters. The normalized spacial score (nSPS) is 36.7. The van der Waals surface area contributed by atoms with Gasteiger partial charge < -0.3 is 0 Å². The number of unbranched alkanes of at least 4 members (excludes halogenated alkanes) is 2. The zero-order valence-electron chi connectivity index (χ0n) is 16.3. The molecule has 0 N–H and O–H groups in total. The van der Waals surface area contributed by atoms with E-state index in [4.69, 9.17) is 70.6 Å². The number of rotatable bonds is 7. The van der Waals surface area contributed by atoms with Crippen molar-refractivity contribution in [3.8, 4) is 0 Å². The third-order valence-corrected chi connectivity index (χ3v) is 7.24. The summed E-state index contributed by atoms with van der Waals surface area (Å²) in [5, 5.41) is -8.11. The quantitative estimate of drug-likeness (QED) is 0.498. The second kappa shape index (κ2) is 6.88. The fraction of sp³-hybridized carbons (Fsp3) is 1.00. The molecular formula is C16H23B9.